The van der Waals surface area contributed by atoms with E-state index >= 15 is 0 Å². The number of anilines is 1. The highest BCUT2D eigenvalue weighted by molar-refractivity contribution is 5.40. The molecule has 3 heteroatoms. The van der Waals surface area contributed by atoms with Crippen molar-refractivity contribution in [3.8, 4) is 0 Å². The molecule has 2 unspecified atom stereocenters. The number of hydrogen-bond donors (Lipinski definition) is 1. The molecule has 1 fully saturated rings. The zero-order chi connectivity index (χ0) is 13.1. The molecule has 18 heavy (non-hydrogen) atoms. The van der Waals surface area contributed by atoms with Crippen molar-refractivity contribution in [3.05, 3.63) is 29.6 Å². The molecule has 100 valence electrons. The number of ether oxygens (including phenoxy) is 1. The maximum atomic E-state index is 13.6. The number of halogens is 1. The Balaban J connectivity index is 1.91. The highest BCUT2D eigenvalue weighted by Crippen LogP contribution is 2.30. The van der Waals surface area contributed by atoms with Crippen LogP contribution in [0.15, 0.2) is 18.2 Å². The number of nitrogens with two attached hydrogens (primary N) is 1. The molecule has 0 radical (unpaired) electrons. The first-order valence-corrected chi connectivity index (χ1v) is 6.70. The van der Waals surface area contributed by atoms with Gasteiger partial charge in [-0.2, -0.15) is 0 Å². The van der Waals surface area contributed by atoms with Gasteiger partial charge < -0.3 is 10.5 Å². The van der Waals surface area contributed by atoms with Gasteiger partial charge in [-0.1, -0.05) is 19.9 Å². The highest BCUT2D eigenvalue weighted by atomic mass is 19.1. The number of benzene rings is 1. The molecule has 1 aromatic rings. The van der Waals surface area contributed by atoms with Crippen molar-refractivity contribution in [1.29, 1.82) is 0 Å². The van der Waals surface area contributed by atoms with Gasteiger partial charge in [-0.05, 0) is 43.2 Å². The SMILES string of the molecule is CC1CC(C)CC(OCc2ccc(N)cc2F)C1. The maximum Gasteiger partial charge on any atom is 0.130 e. The van der Waals surface area contributed by atoms with Crippen LogP contribution < -0.4 is 5.73 Å². The van der Waals surface area contributed by atoms with Crippen molar-refractivity contribution in [1.82, 2.24) is 0 Å². The zero-order valence-electron chi connectivity index (χ0n) is 11.2. The molecule has 0 saturated heterocycles. The van der Waals surface area contributed by atoms with Gasteiger partial charge in [0.2, 0.25) is 0 Å². The molecule has 2 N–H and O–H groups in total. The third kappa shape index (κ3) is 3.45. The van der Waals surface area contributed by atoms with E-state index in [0.717, 1.165) is 12.8 Å². The first kappa shape index (κ1) is 13.3. The summed E-state index contributed by atoms with van der Waals surface area (Å²) in [4.78, 5) is 0. The first-order valence-electron chi connectivity index (χ1n) is 6.70. The van der Waals surface area contributed by atoms with E-state index in [2.05, 4.69) is 13.8 Å². The highest BCUT2D eigenvalue weighted by Gasteiger charge is 2.24. The van der Waals surface area contributed by atoms with Gasteiger partial charge in [0.05, 0.1) is 12.7 Å². The average Bonchev–Trinajstić information content (AvgIpc) is 2.26. The van der Waals surface area contributed by atoms with E-state index in [1.165, 1.54) is 12.5 Å². The number of hydrogen-bond acceptors (Lipinski definition) is 2. The van der Waals surface area contributed by atoms with Crippen molar-refractivity contribution in [2.45, 2.75) is 45.8 Å². The van der Waals surface area contributed by atoms with Crippen molar-refractivity contribution in [2.24, 2.45) is 11.8 Å². The Labute approximate surface area is 108 Å². The summed E-state index contributed by atoms with van der Waals surface area (Å²) < 4.78 is 19.4. The fraction of sp³-hybridized carbons (Fsp3) is 0.600. The Morgan fingerprint density at radius 2 is 1.89 bits per heavy atom. The van der Waals surface area contributed by atoms with Crippen molar-refractivity contribution in [3.63, 3.8) is 0 Å². The van der Waals surface area contributed by atoms with Gasteiger partial charge in [-0.25, -0.2) is 4.39 Å². The van der Waals surface area contributed by atoms with E-state index in [-0.39, 0.29) is 11.9 Å². The summed E-state index contributed by atoms with van der Waals surface area (Å²) in [6.07, 6.45) is 3.71. The summed E-state index contributed by atoms with van der Waals surface area (Å²) in [6, 6.07) is 4.78. The molecule has 1 aliphatic rings. The molecule has 2 atom stereocenters. The molecule has 0 heterocycles. The van der Waals surface area contributed by atoms with E-state index < -0.39 is 0 Å². The first-order chi connectivity index (χ1) is 8.54. The van der Waals surface area contributed by atoms with E-state index in [0.29, 0.717) is 29.7 Å². The second-order valence-electron chi connectivity index (χ2n) is 5.70. The van der Waals surface area contributed by atoms with Crippen molar-refractivity contribution < 1.29 is 9.13 Å². The molecule has 0 aromatic heterocycles. The molecule has 0 aliphatic heterocycles. The predicted octanol–water partition coefficient (Wildman–Crippen LogP) is 3.75. The van der Waals surface area contributed by atoms with Gasteiger partial charge in [0.25, 0.3) is 0 Å². The summed E-state index contributed by atoms with van der Waals surface area (Å²) in [7, 11) is 0. The van der Waals surface area contributed by atoms with Gasteiger partial charge >= 0.3 is 0 Å². The van der Waals surface area contributed by atoms with Gasteiger partial charge in [-0.3, -0.25) is 0 Å². The fourth-order valence-electron chi connectivity index (χ4n) is 2.90. The van der Waals surface area contributed by atoms with Crippen LogP contribution in [-0.4, -0.2) is 6.10 Å². The van der Waals surface area contributed by atoms with E-state index in [1.54, 1.807) is 12.1 Å². The van der Waals surface area contributed by atoms with Crippen LogP contribution in [0, 0.1) is 17.7 Å². The van der Waals surface area contributed by atoms with Crippen LogP contribution in [0.3, 0.4) is 0 Å². The monoisotopic (exact) mass is 251 g/mol. The maximum absolute atomic E-state index is 13.6. The van der Waals surface area contributed by atoms with Gasteiger partial charge in [-0.15, -0.1) is 0 Å². The summed E-state index contributed by atoms with van der Waals surface area (Å²) in [6.45, 7) is 4.86. The molecule has 2 rings (SSSR count). The van der Waals surface area contributed by atoms with Crippen molar-refractivity contribution >= 4 is 5.69 Å². The van der Waals surface area contributed by atoms with Gasteiger partial charge in [0.1, 0.15) is 5.82 Å². The lowest BCUT2D eigenvalue weighted by Gasteiger charge is -2.31. The Kier molecular flexibility index (Phi) is 4.23. The Hall–Kier alpha value is -1.09. The van der Waals surface area contributed by atoms with Gasteiger partial charge in [0, 0.05) is 11.3 Å². The van der Waals surface area contributed by atoms with Crippen LogP contribution in [-0.2, 0) is 11.3 Å². The van der Waals surface area contributed by atoms with E-state index in [1.807, 2.05) is 0 Å². The lowest BCUT2D eigenvalue weighted by molar-refractivity contribution is -0.0101. The second-order valence-corrected chi connectivity index (χ2v) is 5.70. The third-order valence-corrected chi connectivity index (χ3v) is 3.69. The quantitative estimate of drug-likeness (QED) is 0.830. The minimum atomic E-state index is -0.271. The molecule has 1 aliphatic carbocycles. The smallest absolute Gasteiger partial charge is 0.130 e. The van der Waals surface area contributed by atoms with Crippen LogP contribution in [0.4, 0.5) is 10.1 Å². The fourth-order valence-corrected chi connectivity index (χ4v) is 2.90. The topological polar surface area (TPSA) is 35.2 Å². The van der Waals surface area contributed by atoms with E-state index in [9.17, 15) is 4.39 Å². The number of nitrogen functional groups attached to an aromatic ring is 1. The standard InChI is InChI=1S/C15H22FNO/c1-10-5-11(2)7-14(6-10)18-9-12-3-4-13(17)8-15(12)16/h3-4,8,10-11,14H,5-7,9,17H2,1-2H3. The molecule has 0 spiro atoms. The lowest BCUT2D eigenvalue weighted by Crippen LogP contribution is -2.26. The molecule has 0 bridgehead atoms. The summed E-state index contributed by atoms with van der Waals surface area (Å²) >= 11 is 0. The summed E-state index contributed by atoms with van der Waals surface area (Å²) in [5.41, 5.74) is 6.57. The Morgan fingerprint density at radius 1 is 1.22 bits per heavy atom. The molecule has 2 nitrogen and oxygen atoms in total. The molecule has 0 amide bonds. The minimum absolute atomic E-state index is 0.265. The van der Waals surface area contributed by atoms with E-state index in [4.69, 9.17) is 10.5 Å². The Morgan fingerprint density at radius 3 is 2.50 bits per heavy atom. The predicted molar refractivity (Wildman–Crippen MR) is 71.6 cm³/mol. The average molecular weight is 251 g/mol. The van der Waals surface area contributed by atoms with Crippen molar-refractivity contribution in [2.75, 3.05) is 5.73 Å². The largest absolute Gasteiger partial charge is 0.399 e. The summed E-state index contributed by atoms with van der Waals surface area (Å²) in [5.74, 6) is 1.14. The summed E-state index contributed by atoms with van der Waals surface area (Å²) in [5, 5.41) is 0. The molecule has 1 saturated carbocycles. The van der Waals surface area contributed by atoms with Crippen LogP contribution in [0.2, 0.25) is 0 Å². The minimum Gasteiger partial charge on any atom is -0.399 e. The van der Waals surface area contributed by atoms with Gasteiger partial charge in [0.15, 0.2) is 0 Å². The van der Waals surface area contributed by atoms with Crippen LogP contribution >= 0.6 is 0 Å². The normalized spacial score (nSPS) is 28.3. The second kappa shape index (κ2) is 5.70. The van der Waals surface area contributed by atoms with Crippen LogP contribution in [0.25, 0.3) is 0 Å². The lowest BCUT2D eigenvalue weighted by atomic mass is 9.82. The number of rotatable bonds is 3. The zero-order valence-corrected chi connectivity index (χ0v) is 11.2. The third-order valence-electron chi connectivity index (χ3n) is 3.69. The Bertz CT molecular complexity index is 397. The van der Waals surface area contributed by atoms with Crippen LogP contribution in [0.1, 0.15) is 38.7 Å². The molecule has 1 aromatic carbocycles. The molecular weight excluding hydrogens is 229 g/mol. The van der Waals surface area contributed by atoms with Crippen LogP contribution in [0.5, 0.6) is 0 Å². The molecular formula is C15H22FNO.